The molecule has 2 aromatic rings. The van der Waals surface area contributed by atoms with Crippen LogP contribution < -0.4 is 14.2 Å². The summed E-state index contributed by atoms with van der Waals surface area (Å²) in [5.74, 6) is 1.64. The maximum absolute atomic E-state index is 12.8. The van der Waals surface area contributed by atoms with Crippen LogP contribution in [0.4, 0.5) is 0 Å². The molecule has 1 fully saturated rings. The lowest BCUT2D eigenvalue weighted by molar-refractivity contribution is 0.0171. The first-order valence-corrected chi connectivity index (χ1v) is 10.6. The van der Waals surface area contributed by atoms with Crippen molar-refractivity contribution in [2.45, 2.75) is 24.8 Å². The third-order valence-corrected chi connectivity index (χ3v) is 6.64. The van der Waals surface area contributed by atoms with Crippen molar-refractivity contribution in [1.29, 1.82) is 0 Å². The van der Waals surface area contributed by atoms with Crippen LogP contribution in [0.5, 0.6) is 11.5 Å². The van der Waals surface area contributed by atoms with Gasteiger partial charge in [-0.1, -0.05) is 11.2 Å². The van der Waals surface area contributed by atoms with Crippen LogP contribution in [0.3, 0.4) is 0 Å². The van der Waals surface area contributed by atoms with Gasteiger partial charge in [-0.2, -0.15) is 0 Å². The Morgan fingerprint density at radius 2 is 1.93 bits per heavy atom. The number of fused-ring (bicyclic) bond motifs is 1. The van der Waals surface area contributed by atoms with Gasteiger partial charge < -0.3 is 18.7 Å². The van der Waals surface area contributed by atoms with Crippen LogP contribution in [0.1, 0.15) is 23.1 Å². The summed E-state index contributed by atoms with van der Waals surface area (Å²) in [7, 11) is -3.75. The molecule has 0 unspecified atom stereocenters. The Morgan fingerprint density at radius 1 is 1.18 bits per heavy atom. The van der Waals surface area contributed by atoms with Gasteiger partial charge in [-0.3, -0.25) is 4.90 Å². The summed E-state index contributed by atoms with van der Waals surface area (Å²) in [6, 6.07) is 5.53. The van der Waals surface area contributed by atoms with E-state index in [1.165, 1.54) is 0 Å². The van der Waals surface area contributed by atoms with Gasteiger partial charge in [0.05, 0.1) is 13.2 Å². The van der Waals surface area contributed by atoms with Crippen molar-refractivity contribution in [1.82, 2.24) is 14.8 Å². The van der Waals surface area contributed by atoms with Crippen molar-refractivity contribution in [2.24, 2.45) is 0 Å². The van der Waals surface area contributed by atoms with Crippen LogP contribution in [-0.4, -0.2) is 58.1 Å². The largest absolute Gasteiger partial charge is 0.454 e. The maximum atomic E-state index is 12.8. The number of hydrogen-bond donors (Lipinski definition) is 1. The molecule has 28 heavy (non-hydrogen) atoms. The Hall–Kier alpha value is -2.14. The van der Waals surface area contributed by atoms with Gasteiger partial charge in [-0.25, -0.2) is 13.1 Å². The number of ether oxygens (including phenoxy) is 3. The number of aryl methyl sites for hydroxylation is 2. The van der Waals surface area contributed by atoms with Crippen LogP contribution in [0.2, 0.25) is 0 Å². The summed E-state index contributed by atoms with van der Waals surface area (Å²) in [6.07, 6.45) is 0. The molecule has 2 aliphatic rings. The minimum absolute atomic E-state index is 0.0962. The summed E-state index contributed by atoms with van der Waals surface area (Å²) in [5.41, 5.74) is 1.30. The first kappa shape index (κ1) is 19.2. The molecule has 0 aliphatic carbocycles. The van der Waals surface area contributed by atoms with Crippen LogP contribution in [0.15, 0.2) is 27.6 Å². The van der Waals surface area contributed by atoms with Crippen LogP contribution in [0, 0.1) is 13.8 Å². The second-order valence-electron chi connectivity index (χ2n) is 6.78. The molecule has 0 bridgehead atoms. The molecule has 3 heterocycles. The Kier molecular flexibility index (Phi) is 5.28. The molecule has 1 aromatic carbocycles. The Labute approximate surface area is 163 Å². The summed E-state index contributed by atoms with van der Waals surface area (Å²) in [6.45, 7) is 6.24. The average Bonchev–Trinajstić information content (AvgIpc) is 3.28. The Bertz CT molecular complexity index is 933. The molecule has 1 aromatic heterocycles. The normalized spacial score (nSPS) is 18.4. The van der Waals surface area contributed by atoms with Crippen molar-refractivity contribution < 1.29 is 27.2 Å². The van der Waals surface area contributed by atoms with Crippen LogP contribution in [-0.2, 0) is 14.8 Å². The molecule has 1 N–H and O–H groups in total. The minimum atomic E-state index is -3.75. The molecule has 1 atom stereocenters. The van der Waals surface area contributed by atoms with E-state index < -0.39 is 10.0 Å². The lowest BCUT2D eigenvalue weighted by Gasteiger charge is -2.35. The van der Waals surface area contributed by atoms with E-state index in [1.54, 1.807) is 13.8 Å². The van der Waals surface area contributed by atoms with E-state index in [4.69, 9.17) is 18.7 Å². The lowest BCUT2D eigenvalue weighted by Crippen LogP contribution is -2.43. The monoisotopic (exact) mass is 409 g/mol. The Balaban J connectivity index is 1.59. The molecule has 2 aliphatic heterocycles. The van der Waals surface area contributed by atoms with Crippen LogP contribution in [0.25, 0.3) is 0 Å². The minimum Gasteiger partial charge on any atom is -0.454 e. The fourth-order valence-electron chi connectivity index (χ4n) is 3.59. The van der Waals surface area contributed by atoms with Gasteiger partial charge in [0, 0.05) is 25.7 Å². The molecule has 0 saturated carbocycles. The molecular formula is C18H23N3O6S. The van der Waals surface area contributed by atoms with Gasteiger partial charge in [0.15, 0.2) is 17.3 Å². The number of hydrogen-bond acceptors (Lipinski definition) is 8. The third-order valence-electron chi connectivity index (χ3n) is 4.97. The second kappa shape index (κ2) is 7.70. The summed E-state index contributed by atoms with van der Waals surface area (Å²) >= 11 is 0. The van der Waals surface area contributed by atoms with Crippen molar-refractivity contribution in [2.75, 3.05) is 39.6 Å². The Morgan fingerprint density at radius 3 is 2.64 bits per heavy atom. The van der Waals surface area contributed by atoms with Gasteiger partial charge in [-0.05, 0) is 31.5 Å². The standard InChI is InChI=1S/C18H23N3O6S/c1-12-18(13(2)27-20-12)28(22,23)19-10-15(21-5-7-24-8-6-21)14-3-4-16-17(9-14)26-11-25-16/h3-4,9,15,19H,5-8,10-11H2,1-2H3/t15-/m1/s1. The fourth-order valence-corrected chi connectivity index (χ4v) is 4.95. The van der Waals surface area contributed by atoms with Gasteiger partial charge >= 0.3 is 0 Å². The smallest absolute Gasteiger partial charge is 0.246 e. The average molecular weight is 409 g/mol. The van der Waals surface area contributed by atoms with E-state index in [2.05, 4.69) is 14.8 Å². The highest BCUT2D eigenvalue weighted by atomic mass is 32.2. The highest BCUT2D eigenvalue weighted by Gasteiger charge is 2.29. The zero-order valence-electron chi connectivity index (χ0n) is 15.8. The fraction of sp³-hybridized carbons (Fsp3) is 0.500. The van der Waals surface area contributed by atoms with E-state index >= 15 is 0 Å². The van der Waals surface area contributed by atoms with Crippen LogP contribution >= 0.6 is 0 Å². The van der Waals surface area contributed by atoms with Crippen molar-refractivity contribution >= 4 is 10.0 Å². The van der Waals surface area contributed by atoms with E-state index in [0.29, 0.717) is 43.5 Å². The predicted octanol–water partition coefficient (Wildman–Crippen LogP) is 1.37. The molecule has 4 rings (SSSR count). The van der Waals surface area contributed by atoms with Gasteiger partial charge in [0.1, 0.15) is 10.6 Å². The molecule has 0 spiro atoms. The maximum Gasteiger partial charge on any atom is 0.246 e. The van der Waals surface area contributed by atoms with E-state index in [9.17, 15) is 8.42 Å². The highest BCUT2D eigenvalue weighted by molar-refractivity contribution is 7.89. The first-order chi connectivity index (χ1) is 13.5. The van der Waals surface area contributed by atoms with Crippen molar-refractivity contribution in [3.8, 4) is 11.5 Å². The number of aromatic nitrogens is 1. The summed E-state index contributed by atoms with van der Waals surface area (Å²) in [5, 5.41) is 3.75. The molecule has 0 radical (unpaired) electrons. The number of rotatable bonds is 6. The van der Waals surface area contributed by atoms with Crippen molar-refractivity contribution in [3.63, 3.8) is 0 Å². The molecular weight excluding hydrogens is 386 g/mol. The second-order valence-corrected chi connectivity index (χ2v) is 8.49. The molecule has 152 valence electrons. The van der Waals surface area contributed by atoms with Gasteiger partial charge in [0.2, 0.25) is 16.8 Å². The third kappa shape index (κ3) is 3.72. The predicted molar refractivity (Wildman–Crippen MR) is 98.9 cm³/mol. The van der Waals surface area contributed by atoms with Gasteiger partial charge in [0.25, 0.3) is 0 Å². The van der Waals surface area contributed by atoms with Crippen molar-refractivity contribution in [3.05, 3.63) is 35.2 Å². The van der Waals surface area contributed by atoms with E-state index in [-0.39, 0.29) is 30.0 Å². The van der Waals surface area contributed by atoms with Gasteiger partial charge in [-0.15, -0.1) is 0 Å². The number of nitrogens with zero attached hydrogens (tertiary/aromatic N) is 2. The molecule has 9 nitrogen and oxygen atoms in total. The molecule has 10 heteroatoms. The van der Waals surface area contributed by atoms with E-state index in [0.717, 1.165) is 5.56 Å². The number of nitrogens with one attached hydrogen (secondary N) is 1. The SMILES string of the molecule is Cc1noc(C)c1S(=O)(=O)NC[C@H](c1ccc2c(c1)OCO2)N1CCOCC1. The lowest BCUT2D eigenvalue weighted by atomic mass is 10.0. The number of sulfonamides is 1. The summed E-state index contributed by atoms with van der Waals surface area (Å²) < 4.78 is 49.7. The highest BCUT2D eigenvalue weighted by Crippen LogP contribution is 2.35. The topological polar surface area (TPSA) is 103 Å². The van der Waals surface area contributed by atoms with E-state index in [1.807, 2.05) is 18.2 Å². The summed E-state index contributed by atoms with van der Waals surface area (Å²) in [4.78, 5) is 2.30. The number of benzene rings is 1. The molecule has 1 saturated heterocycles. The zero-order chi connectivity index (χ0) is 19.7. The first-order valence-electron chi connectivity index (χ1n) is 9.09. The number of morpholine rings is 1. The molecule has 0 amide bonds. The quantitative estimate of drug-likeness (QED) is 0.763. The zero-order valence-corrected chi connectivity index (χ0v) is 16.6.